The molecule has 0 aromatic heterocycles. The Hall–Kier alpha value is -1.59. The molecule has 0 aliphatic carbocycles. The highest BCUT2D eigenvalue weighted by Crippen LogP contribution is 2.26. The molecule has 0 heterocycles. The van der Waals surface area contributed by atoms with Gasteiger partial charge in [0, 0.05) is 19.1 Å². The van der Waals surface area contributed by atoms with Crippen molar-refractivity contribution >= 4 is 12.4 Å². The third-order valence-corrected chi connectivity index (χ3v) is 3.96. The zero-order chi connectivity index (χ0) is 16.5. The molecule has 0 amide bonds. The Balaban J connectivity index is 0.00000288. The normalized spacial score (nSPS) is 11.8. The van der Waals surface area contributed by atoms with E-state index in [1.807, 2.05) is 36.4 Å². The highest BCUT2D eigenvalue weighted by atomic mass is 35.5. The van der Waals surface area contributed by atoms with Crippen molar-refractivity contribution in [3.8, 4) is 5.75 Å². The third-order valence-electron chi connectivity index (χ3n) is 3.96. The maximum atomic E-state index is 9.36. The molecule has 0 saturated heterocycles. The minimum atomic E-state index is 0. The number of ether oxygens (including phenoxy) is 1. The SMILES string of the molecule is COc1cccc(CC(c2ccccc2)N(CCO)CCO)c1.Cl. The van der Waals surface area contributed by atoms with Crippen molar-refractivity contribution in [1.82, 2.24) is 4.90 Å². The van der Waals surface area contributed by atoms with E-state index in [0.717, 1.165) is 12.2 Å². The van der Waals surface area contributed by atoms with Gasteiger partial charge in [-0.05, 0) is 29.7 Å². The first-order valence-electron chi connectivity index (χ1n) is 7.92. The molecule has 0 fully saturated rings. The molecule has 2 N–H and O–H groups in total. The molecule has 5 heteroatoms. The van der Waals surface area contributed by atoms with Crippen LogP contribution in [0, 0.1) is 0 Å². The van der Waals surface area contributed by atoms with Gasteiger partial charge >= 0.3 is 0 Å². The molecule has 24 heavy (non-hydrogen) atoms. The quantitative estimate of drug-likeness (QED) is 0.729. The van der Waals surface area contributed by atoms with Crippen molar-refractivity contribution in [2.45, 2.75) is 12.5 Å². The first kappa shape index (κ1) is 20.5. The lowest BCUT2D eigenvalue weighted by Crippen LogP contribution is -2.35. The van der Waals surface area contributed by atoms with Crippen LogP contribution in [0.2, 0.25) is 0 Å². The fraction of sp³-hybridized carbons (Fsp3) is 0.368. The second kappa shape index (κ2) is 11.0. The number of aliphatic hydroxyl groups excluding tert-OH is 2. The average molecular weight is 352 g/mol. The molecule has 2 rings (SSSR count). The first-order valence-corrected chi connectivity index (χ1v) is 7.92. The van der Waals surface area contributed by atoms with Crippen molar-refractivity contribution in [1.29, 1.82) is 0 Å². The first-order chi connectivity index (χ1) is 11.3. The van der Waals surface area contributed by atoms with Crippen LogP contribution in [-0.2, 0) is 6.42 Å². The highest BCUT2D eigenvalue weighted by molar-refractivity contribution is 5.85. The molecule has 4 nitrogen and oxygen atoms in total. The molecule has 2 aromatic carbocycles. The predicted octanol–water partition coefficient (Wildman–Crippen LogP) is 2.69. The van der Waals surface area contributed by atoms with E-state index < -0.39 is 0 Å². The van der Waals surface area contributed by atoms with Gasteiger partial charge in [-0.2, -0.15) is 0 Å². The fourth-order valence-electron chi connectivity index (χ4n) is 2.84. The van der Waals surface area contributed by atoms with Crippen LogP contribution in [-0.4, -0.2) is 48.5 Å². The molecule has 2 aromatic rings. The zero-order valence-electron chi connectivity index (χ0n) is 14.0. The lowest BCUT2D eigenvalue weighted by molar-refractivity contribution is 0.121. The number of methoxy groups -OCH3 is 1. The second-order valence-electron chi connectivity index (χ2n) is 5.47. The van der Waals surface area contributed by atoms with Gasteiger partial charge in [0.05, 0.1) is 20.3 Å². The van der Waals surface area contributed by atoms with Crippen LogP contribution in [0.3, 0.4) is 0 Å². The van der Waals surface area contributed by atoms with E-state index in [1.165, 1.54) is 11.1 Å². The summed E-state index contributed by atoms with van der Waals surface area (Å²) in [6.45, 7) is 1.21. The molecule has 0 bridgehead atoms. The second-order valence-corrected chi connectivity index (χ2v) is 5.47. The maximum Gasteiger partial charge on any atom is 0.119 e. The lowest BCUT2D eigenvalue weighted by Gasteiger charge is -2.31. The maximum absolute atomic E-state index is 9.36. The van der Waals surface area contributed by atoms with Crippen LogP contribution in [0.5, 0.6) is 5.75 Å². The number of halogens is 1. The van der Waals surface area contributed by atoms with Gasteiger partial charge in [-0.25, -0.2) is 0 Å². The topological polar surface area (TPSA) is 52.9 Å². The van der Waals surface area contributed by atoms with Gasteiger partial charge in [0.15, 0.2) is 0 Å². The summed E-state index contributed by atoms with van der Waals surface area (Å²) in [7, 11) is 1.66. The number of aliphatic hydroxyl groups is 2. The molecule has 0 radical (unpaired) electrons. The van der Waals surface area contributed by atoms with E-state index >= 15 is 0 Å². The minimum absolute atomic E-state index is 0. The lowest BCUT2D eigenvalue weighted by atomic mass is 9.97. The van der Waals surface area contributed by atoms with Crippen molar-refractivity contribution in [3.05, 3.63) is 65.7 Å². The third kappa shape index (κ3) is 5.80. The van der Waals surface area contributed by atoms with Gasteiger partial charge < -0.3 is 14.9 Å². The van der Waals surface area contributed by atoms with E-state index in [2.05, 4.69) is 23.1 Å². The molecule has 0 spiro atoms. The van der Waals surface area contributed by atoms with Gasteiger partial charge in [-0.15, -0.1) is 12.4 Å². The Morgan fingerprint density at radius 3 is 2.21 bits per heavy atom. The highest BCUT2D eigenvalue weighted by Gasteiger charge is 2.20. The van der Waals surface area contributed by atoms with Crippen LogP contribution >= 0.6 is 12.4 Å². The van der Waals surface area contributed by atoms with Crippen LogP contribution in [0.25, 0.3) is 0 Å². The Labute approximate surface area is 150 Å². The van der Waals surface area contributed by atoms with Gasteiger partial charge in [0.2, 0.25) is 0 Å². The molecule has 0 saturated carbocycles. The fourth-order valence-corrected chi connectivity index (χ4v) is 2.84. The summed E-state index contributed by atoms with van der Waals surface area (Å²) in [6, 6.07) is 18.3. The van der Waals surface area contributed by atoms with Crippen LogP contribution in [0.1, 0.15) is 17.2 Å². The van der Waals surface area contributed by atoms with Crippen molar-refractivity contribution in [2.75, 3.05) is 33.4 Å². The molecular weight excluding hydrogens is 326 g/mol. The van der Waals surface area contributed by atoms with E-state index in [0.29, 0.717) is 13.1 Å². The molecule has 132 valence electrons. The number of rotatable bonds is 9. The van der Waals surface area contributed by atoms with Crippen LogP contribution in [0.15, 0.2) is 54.6 Å². The van der Waals surface area contributed by atoms with E-state index in [4.69, 9.17) is 4.74 Å². The Morgan fingerprint density at radius 2 is 1.62 bits per heavy atom. The van der Waals surface area contributed by atoms with E-state index in [1.54, 1.807) is 7.11 Å². The summed E-state index contributed by atoms with van der Waals surface area (Å²) in [4.78, 5) is 2.12. The summed E-state index contributed by atoms with van der Waals surface area (Å²) >= 11 is 0. The van der Waals surface area contributed by atoms with E-state index in [-0.39, 0.29) is 31.7 Å². The summed E-state index contributed by atoms with van der Waals surface area (Å²) in [5.74, 6) is 0.838. The average Bonchev–Trinajstić information content (AvgIpc) is 2.60. The minimum Gasteiger partial charge on any atom is -0.497 e. The molecule has 1 unspecified atom stereocenters. The molecule has 1 atom stereocenters. The summed E-state index contributed by atoms with van der Waals surface area (Å²) < 4.78 is 5.30. The Kier molecular flexibility index (Phi) is 9.42. The van der Waals surface area contributed by atoms with E-state index in [9.17, 15) is 10.2 Å². The number of hydrogen-bond donors (Lipinski definition) is 2. The largest absolute Gasteiger partial charge is 0.497 e. The monoisotopic (exact) mass is 351 g/mol. The van der Waals surface area contributed by atoms with Crippen molar-refractivity contribution in [2.24, 2.45) is 0 Å². The number of benzene rings is 2. The predicted molar refractivity (Wildman–Crippen MR) is 98.9 cm³/mol. The summed E-state index contributed by atoms with van der Waals surface area (Å²) in [5.41, 5.74) is 2.34. The van der Waals surface area contributed by atoms with Crippen molar-refractivity contribution < 1.29 is 14.9 Å². The summed E-state index contributed by atoms with van der Waals surface area (Å²) in [5, 5.41) is 18.7. The van der Waals surface area contributed by atoms with Gasteiger partial charge in [-0.3, -0.25) is 4.90 Å². The molecule has 0 aliphatic rings. The molecule has 0 aliphatic heterocycles. The van der Waals surface area contributed by atoms with Crippen LogP contribution in [0.4, 0.5) is 0 Å². The number of nitrogens with zero attached hydrogens (tertiary/aromatic N) is 1. The standard InChI is InChI=1S/C19H25NO3.ClH/c1-23-18-9-5-6-16(14-18)15-19(17-7-3-2-4-8-17)20(10-12-21)11-13-22;/h2-9,14,19,21-22H,10-13,15H2,1H3;1H. The van der Waals surface area contributed by atoms with Gasteiger partial charge in [0.25, 0.3) is 0 Å². The number of hydrogen-bond acceptors (Lipinski definition) is 4. The molecular formula is C19H26ClNO3. The van der Waals surface area contributed by atoms with Crippen molar-refractivity contribution in [3.63, 3.8) is 0 Å². The van der Waals surface area contributed by atoms with Crippen LogP contribution < -0.4 is 4.74 Å². The van der Waals surface area contributed by atoms with Gasteiger partial charge in [-0.1, -0.05) is 42.5 Å². The smallest absolute Gasteiger partial charge is 0.119 e. The Bertz CT molecular complexity index is 574. The Morgan fingerprint density at radius 1 is 0.958 bits per heavy atom. The summed E-state index contributed by atoms with van der Waals surface area (Å²) in [6.07, 6.45) is 0.793. The van der Waals surface area contributed by atoms with Gasteiger partial charge in [0.1, 0.15) is 5.75 Å². The zero-order valence-corrected chi connectivity index (χ0v) is 14.8.